The number of aryl methyl sites for hydroxylation is 1. The Hall–Kier alpha value is -1.32. The standard InChI is InChI=1S/C15H16Cl2N2O/c1-8(2)14-9(3)18-13(19-15(14)20)6-10-4-5-11(16)7-12(10)17/h4-5,7-8H,6H2,1-3H3,(H,18,19,20). The highest BCUT2D eigenvalue weighted by molar-refractivity contribution is 6.35. The molecule has 0 fully saturated rings. The number of hydrogen-bond donors (Lipinski definition) is 1. The molecule has 1 aromatic carbocycles. The molecule has 0 spiro atoms. The number of H-pyrrole nitrogens is 1. The number of benzene rings is 1. The molecule has 2 rings (SSSR count). The first-order valence-electron chi connectivity index (χ1n) is 6.42. The summed E-state index contributed by atoms with van der Waals surface area (Å²) in [7, 11) is 0. The Bertz CT molecular complexity index is 693. The van der Waals surface area contributed by atoms with Crippen molar-refractivity contribution < 1.29 is 0 Å². The first-order valence-corrected chi connectivity index (χ1v) is 7.17. The van der Waals surface area contributed by atoms with Crippen molar-refractivity contribution in [1.82, 2.24) is 9.97 Å². The fourth-order valence-corrected chi connectivity index (χ4v) is 2.74. The maximum absolute atomic E-state index is 12.1. The van der Waals surface area contributed by atoms with Crippen molar-refractivity contribution in [2.75, 3.05) is 0 Å². The first-order chi connectivity index (χ1) is 9.38. The van der Waals surface area contributed by atoms with Crippen LogP contribution < -0.4 is 5.56 Å². The minimum absolute atomic E-state index is 0.0763. The molecule has 3 nitrogen and oxygen atoms in total. The molecule has 1 heterocycles. The Morgan fingerprint density at radius 1 is 1.30 bits per heavy atom. The Morgan fingerprint density at radius 3 is 2.55 bits per heavy atom. The summed E-state index contributed by atoms with van der Waals surface area (Å²) in [5, 5.41) is 1.16. The van der Waals surface area contributed by atoms with Crippen molar-refractivity contribution in [3.05, 3.63) is 61.2 Å². The number of hydrogen-bond acceptors (Lipinski definition) is 2. The Labute approximate surface area is 128 Å². The van der Waals surface area contributed by atoms with Gasteiger partial charge in [0.15, 0.2) is 0 Å². The third-order valence-corrected chi connectivity index (χ3v) is 3.73. The average Bonchev–Trinajstić information content (AvgIpc) is 2.31. The molecule has 106 valence electrons. The summed E-state index contributed by atoms with van der Waals surface area (Å²) in [5.41, 5.74) is 2.31. The molecular formula is C15H16Cl2N2O. The monoisotopic (exact) mass is 310 g/mol. The molecule has 0 bridgehead atoms. The van der Waals surface area contributed by atoms with E-state index in [1.54, 1.807) is 12.1 Å². The number of aromatic amines is 1. The maximum atomic E-state index is 12.1. The van der Waals surface area contributed by atoms with Crippen molar-refractivity contribution in [3.63, 3.8) is 0 Å². The van der Waals surface area contributed by atoms with Crippen LogP contribution in [0.5, 0.6) is 0 Å². The quantitative estimate of drug-likeness (QED) is 0.927. The van der Waals surface area contributed by atoms with Crippen LogP contribution in [0, 0.1) is 6.92 Å². The van der Waals surface area contributed by atoms with Crippen LogP contribution in [-0.4, -0.2) is 9.97 Å². The molecule has 0 saturated carbocycles. The molecule has 2 aromatic rings. The largest absolute Gasteiger partial charge is 0.310 e. The van der Waals surface area contributed by atoms with Gasteiger partial charge < -0.3 is 4.98 Å². The number of rotatable bonds is 3. The van der Waals surface area contributed by atoms with Crippen LogP contribution in [0.4, 0.5) is 0 Å². The predicted molar refractivity (Wildman–Crippen MR) is 83.0 cm³/mol. The first kappa shape index (κ1) is 15.1. The van der Waals surface area contributed by atoms with Gasteiger partial charge in [0, 0.05) is 27.7 Å². The molecule has 0 radical (unpaired) electrons. The normalized spacial score (nSPS) is 11.1. The van der Waals surface area contributed by atoms with Gasteiger partial charge in [-0.3, -0.25) is 4.79 Å². The lowest BCUT2D eigenvalue weighted by atomic mass is 10.0. The van der Waals surface area contributed by atoms with E-state index in [0.29, 0.717) is 22.3 Å². The number of nitrogens with one attached hydrogen (secondary N) is 1. The molecule has 0 aliphatic rings. The highest BCUT2D eigenvalue weighted by Crippen LogP contribution is 2.22. The lowest BCUT2D eigenvalue weighted by Crippen LogP contribution is -2.20. The fraction of sp³-hybridized carbons (Fsp3) is 0.333. The van der Waals surface area contributed by atoms with E-state index in [2.05, 4.69) is 9.97 Å². The second-order valence-corrected chi connectivity index (χ2v) is 5.92. The van der Waals surface area contributed by atoms with Crippen molar-refractivity contribution in [3.8, 4) is 0 Å². The highest BCUT2D eigenvalue weighted by Gasteiger charge is 2.12. The Morgan fingerprint density at radius 2 is 2.00 bits per heavy atom. The van der Waals surface area contributed by atoms with E-state index in [-0.39, 0.29) is 11.5 Å². The highest BCUT2D eigenvalue weighted by atomic mass is 35.5. The SMILES string of the molecule is Cc1nc(Cc2ccc(Cl)cc2Cl)[nH]c(=O)c1C(C)C. The van der Waals surface area contributed by atoms with Crippen molar-refractivity contribution in [1.29, 1.82) is 0 Å². The molecule has 20 heavy (non-hydrogen) atoms. The van der Waals surface area contributed by atoms with Crippen LogP contribution in [0.1, 0.15) is 42.4 Å². The third-order valence-electron chi connectivity index (χ3n) is 3.15. The summed E-state index contributed by atoms with van der Waals surface area (Å²) in [6.07, 6.45) is 0.477. The molecule has 0 aliphatic carbocycles. The van der Waals surface area contributed by atoms with Gasteiger partial charge in [-0.1, -0.05) is 43.1 Å². The van der Waals surface area contributed by atoms with E-state index >= 15 is 0 Å². The van der Waals surface area contributed by atoms with Crippen molar-refractivity contribution in [2.24, 2.45) is 0 Å². The number of nitrogens with zero attached hydrogens (tertiary/aromatic N) is 1. The Kier molecular flexibility index (Phi) is 4.51. The van der Waals surface area contributed by atoms with Crippen molar-refractivity contribution >= 4 is 23.2 Å². The second kappa shape index (κ2) is 5.98. The summed E-state index contributed by atoms with van der Waals surface area (Å²) in [4.78, 5) is 19.4. The average molecular weight is 311 g/mol. The van der Waals surface area contributed by atoms with Crippen LogP contribution in [0.15, 0.2) is 23.0 Å². The summed E-state index contributed by atoms with van der Waals surface area (Å²) >= 11 is 12.0. The van der Waals surface area contributed by atoms with Crippen LogP contribution >= 0.6 is 23.2 Å². The molecule has 1 aromatic heterocycles. The minimum Gasteiger partial charge on any atom is -0.310 e. The van der Waals surface area contributed by atoms with E-state index in [4.69, 9.17) is 23.2 Å². The number of halogens is 2. The number of aromatic nitrogens is 2. The molecule has 0 atom stereocenters. The van der Waals surface area contributed by atoms with Gasteiger partial charge in [0.25, 0.3) is 5.56 Å². The summed E-state index contributed by atoms with van der Waals surface area (Å²) in [6.45, 7) is 5.82. The smallest absolute Gasteiger partial charge is 0.254 e. The van der Waals surface area contributed by atoms with Gasteiger partial charge in [0.1, 0.15) is 5.82 Å². The molecule has 0 amide bonds. The van der Waals surface area contributed by atoms with Gasteiger partial charge >= 0.3 is 0 Å². The minimum atomic E-state index is -0.0763. The molecule has 0 unspecified atom stereocenters. The van der Waals surface area contributed by atoms with Crippen LogP contribution in [0.25, 0.3) is 0 Å². The summed E-state index contributed by atoms with van der Waals surface area (Å²) < 4.78 is 0. The van der Waals surface area contributed by atoms with Gasteiger partial charge in [-0.2, -0.15) is 0 Å². The summed E-state index contributed by atoms with van der Waals surface area (Å²) in [5.74, 6) is 0.764. The lowest BCUT2D eigenvalue weighted by molar-refractivity contribution is 0.791. The zero-order chi connectivity index (χ0) is 14.9. The maximum Gasteiger partial charge on any atom is 0.254 e. The van der Waals surface area contributed by atoms with Crippen LogP contribution in [0.2, 0.25) is 10.0 Å². The van der Waals surface area contributed by atoms with Gasteiger partial charge in [0.2, 0.25) is 0 Å². The molecule has 0 aliphatic heterocycles. The fourth-order valence-electron chi connectivity index (χ4n) is 2.26. The third kappa shape index (κ3) is 3.22. The topological polar surface area (TPSA) is 45.8 Å². The summed E-state index contributed by atoms with van der Waals surface area (Å²) in [6, 6.07) is 5.30. The molecule has 0 saturated heterocycles. The van der Waals surface area contributed by atoms with Gasteiger partial charge in [-0.25, -0.2) is 4.98 Å². The van der Waals surface area contributed by atoms with E-state index in [1.807, 2.05) is 26.8 Å². The van der Waals surface area contributed by atoms with E-state index in [1.165, 1.54) is 0 Å². The van der Waals surface area contributed by atoms with Gasteiger partial charge in [0.05, 0.1) is 0 Å². The van der Waals surface area contributed by atoms with Crippen molar-refractivity contribution in [2.45, 2.75) is 33.1 Å². The van der Waals surface area contributed by atoms with E-state index in [0.717, 1.165) is 16.8 Å². The van der Waals surface area contributed by atoms with Gasteiger partial charge in [-0.05, 0) is 30.5 Å². The van der Waals surface area contributed by atoms with Crippen LogP contribution in [0.3, 0.4) is 0 Å². The zero-order valence-electron chi connectivity index (χ0n) is 11.6. The second-order valence-electron chi connectivity index (χ2n) is 5.08. The van der Waals surface area contributed by atoms with E-state index < -0.39 is 0 Å². The Balaban J connectivity index is 2.38. The molecule has 1 N–H and O–H groups in total. The molecular weight excluding hydrogens is 295 g/mol. The zero-order valence-corrected chi connectivity index (χ0v) is 13.1. The predicted octanol–water partition coefficient (Wildman–Crippen LogP) is 4.10. The lowest BCUT2D eigenvalue weighted by Gasteiger charge is -2.10. The van der Waals surface area contributed by atoms with Crippen LogP contribution in [-0.2, 0) is 6.42 Å². The van der Waals surface area contributed by atoms with Gasteiger partial charge in [-0.15, -0.1) is 0 Å². The van der Waals surface area contributed by atoms with E-state index in [9.17, 15) is 4.79 Å². The molecule has 5 heteroatoms.